The molecule has 2 heterocycles. The van der Waals surface area contributed by atoms with Crippen LogP contribution in [0.1, 0.15) is 0 Å². The molecule has 7 N–H and O–H groups in total. The molecular weight excluding hydrogens is 376 g/mol. The van der Waals surface area contributed by atoms with Gasteiger partial charge in [-0.1, -0.05) is 0 Å². The lowest BCUT2D eigenvalue weighted by atomic mass is 9.84. The molecule has 1 saturated heterocycles. The van der Waals surface area contributed by atoms with Crippen LogP contribution in [0.3, 0.4) is 0 Å². The second-order valence-corrected chi connectivity index (χ2v) is 7.28. The molecule has 1 aliphatic carbocycles. The third-order valence-corrected chi connectivity index (χ3v) is 5.98. The Morgan fingerprint density at radius 2 is 1.69 bits per heavy atom. The lowest BCUT2D eigenvalue weighted by Gasteiger charge is -2.43. The summed E-state index contributed by atoms with van der Waals surface area (Å²) >= 11 is 6.08. The summed E-state index contributed by atoms with van der Waals surface area (Å²) in [5, 5.41) is 68.3. The normalized spacial score (nSPS) is 54.0. The molecule has 3 rings (SSSR count). The lowest BCUT2D eigenvalue weighted by Crippen LogP contribution is -2.61. The molecule has 2 aliphatic heterocycles. The molecule has 0 unspecified atom stereocenters. The van der Waals surface area contributed by atoms with E-state index in [2.05, 4.69) is 0 Å². The minimum atomic E-state index is -1.94. The van der Waals surface area contributed by atoms with Crippen LogP contribution in [-0.4, -0.2) is 103 Å². The number of ether oxygens (including phenoxy) is 3. The summed E-state index contributed by atoms with van der Waals surface area (Å²) in [6.45, 7) is -1.41. The smallest absolute Gasteiger partial charge is 0.208 e. The van der Waals surface area contributed by atoms with E-state index in [0.717, 1.165) is 0 Å². The lowest BCUT2D eigenvalue weighted by molar-refractivity contribution is -0.347. The van der Waals surface area contributed by atoms with Gasteiger partial charge in [0.15, 0.2) is 6.29 Å². The van der Waals surface area contributed by atoms with E-state index in [0.29, 0.717) is 0 Å². The van der Waals surface area contributed by atoms with Crippen LogP contribution in [0.4, 0.5) is 0 Å². The van der Waals surface area contributed by atoms with Crippen molar-refractivity contribution in [1.82, 2.24) is 0 Å². The first-order valence-electron chi connectivity index (χ1n) is 8.19. The average Bonchev–Trinajstić information content (AvgIpc) is 2.85. The molecule has 3 aliphatic rings. The predicted octanol–water partition coefficient (Wildman–Crippen LogP) is -3.39. The van der Waals surface area contributed by atoms with Crippen LogP contribution in [0, 0.1) is 11.8 Å². The Balaban J connectivity index is 1.82. The molecule has 0 aromatic carbocycles. The number of aliphatic hydroxyl groups excluding tert-OH is 6. The molecular formula is C15H23ClO10. The van der Waals surface area contributed by atoms with Gasteiger partial charge in [0.05, 0.1) is 36.9 Å². The first-order chi connectivity index (χ1) is 12.3. The molecule has 0 amide bonds. The van der Waals surface area contributed by atoms with Crippen molar-refractivity contribution < 1.29 is 50.0 Å². The fraction of sp³-hybridized carbons (Fsp3) is 0.867. The number of halogens is 1. The quantitative estimate of drug-likeness (QED) is 0.237. The van der Waals surface area contributed by atoms with Crippen LogP contribution in [-0.2, 0) is 14.2 Å². The second kappa shape index (κ2) is 7.47. The fourth-order valence-electron chi connectivity index (χ4n) is 3.79. The van der Waals surface area contributed by atoms with E-state index in [9.17, 15) is 35.7 Å². The van der Waals surface area contributed by atoms with E-state index in [-0.39, 0.29) is 0 Å². The van der Waals surface area contributed by atoms with Crippen LogP contribution >= 0.6 is 11.6 Å². The molecule has 0 aromatic rings. The first kappa shape index (κ1) is 20.2. The highest BCUT2D eigenvalue weighted by atomic mass is 35.5. The van der Waals surface area contributed by atoms with Gasteiger partial charge in [-0.05, 0) is 6.08 Å². The van der Waals surface area contributed by atoms with Gasteiger partial charge in [-0.15, -0.1) is 11.6 Å². The van der Waals surface area contributed by atoms with Crippen molar-refractivity contribution in [2.75, 3.05) is 13.2 Å². The van der Waals surface area contributed by atoms with Crippen LogP contribution < -0.4 is 0 Å². The molecule has 11 atom stereocenters. The number of hydrogen-bond donors (Lipinski definition) is 7. The van der Waals surface area contributed by atoms with Gasteiger partial charge in [0.25, 0.3) is 0 Å². The summed E-state index contributed by atoms with van der Waals surface area (Å²) in [4.78, 5) is 0. The Kier molecular flexibility index (Phi) is 5.81. The summed E-state index contributed by atoms with van der Waals surface area (Å²) in [5.41, 5.74) is -1.94. The third kappa shape index (κ3) is 3.04. The van der Waals surface area contributed by atoms with Crippen molar-refractivity contribution in [1.29, 1.82) is 0 Å². The second-order valence-electron chi connectivity index (χ2n) is 6.81. The summed E-state index contributed by atoms with van der Waals surface area (Å²) in [5.74, 6) is -1.69. The maximum absolute atomic E-state index is 10.7. The topological polar surface area (TPSA) is 169 Å². The average molecular weight is 399 g/mol. The minimum absolute atomic E-state index is 0.634. The highest BCUT2D eigenvalue weighted by molar-refractivity contribution is 6.22. The van der Waals surface area contributed by atoms with Crippen LogP contribution in [0.2, 0.25) is 0 Å². The van der Waals surface area contributed by atoms with E-state index in [4.69, 9.17) is 25.8 Å². The van der Waals surface area contributed by atoms with Gasteiger partial charge in [-0.2, -0.15) is 0 Å². The van der Waals surface area contributed by atoms with Crippen molar-refractivity contribution in [3.05, 3.63) is 12.3 Å². The predicted molar refractivity (Wildman–Crippen MR) is 83.5 cm³/mol. The molecule has 0 bridgehead atoms. The SMILES string of the molecule is OC[C@H]1O[C@@H](O[C@@H]2OC=C[C@@H]3[C@H](O)[C@@H](Cl)[C@@](O)(CO)[C@H]23)[C@H](O)[C@@H](O)[C@@H]1O. The molecule has 2 fully saturated rings. The first-order valence-corrected chi connectivity index (χ1v) is 8.63. The molecule has 0 aromatic heterocycles. The molecule has 1 saturated carbocycles. The summed E-state index contributed by atoms with van der Waals surface area (Å²) < 4.78 is 16.1. The van der Waals surface area contributed by atoms with Crippen molar-refractivity contribution in [2.45, 2.75) is 54.1 Å². The Bertz CT molecular complexity index is 533. The van der Waals surface area contributed by atoms with Gasteiger partial charge in [-0.25, -0.2) is 0 Å². The zero-order valence-electron chi connectivity index (χ0n) is 13.6. The zero-order valence-corrected chi connectivity index (χ0v) is 14.3. The van der Waals surface area contributed by atoms with Gasteiger partial charge in [0, 0.05) is 5.92 Å². The minimum Gasteiger partial charge on any atom is -0.472 e. The van der Waals surface area contributed by atoms with Gasteiger partial charge in [0.1, 0.15) is 30.0 Å². The van der Waals surface area contributed by atoms with Crippen molar-refractivity contribution in [2.24, 2.45) is 11.8 Å². The van der Waals surface area contributed by atoms with Crippen LogP contribution in [0.25, 0.3) is 0 Å². The molecule has 150 valence electrons. The Morgan fingerprint density at radius 3 is 2.31 bits per heavy atom. The highest BCUT2D eigenvalue weighted by Crippen LogP contribution is 2.49. The maximum atomic E-state index is 10.7. The molecule has 0 spiro atoms. The summed E-state index contributed by atoms with van der Waals surface area (Å²) in [6.07, 6.45) is -7.31. The summed E-state index contributed by atoms with van der Waals surface area (Å²) in [6, 6.07) is 0. The largest absolute Gasteiger partial charge is 0.472 e. The van der Waals surface area contributed by atoms with Crippen molar-refractivity contribution in [3.8, 4) is 0 Å². The van der Waals surface area contributed by atoms with Crippen molar-refractivity contribution in [3.63, 3.8) is 0 Å². The fourth-order valence-corrected chi connectivity index (χ4v) is 4.17. The highest BCUT2D eigenvalue weighted by Gasteiger charge is 2.63. The third-order valence-electron chi connectivity index (χ3n) is 5.34. The van der Waals surface area contributed by atoms with Crippen LogP contribution in [0.15, 0.2) is 12.3 Å². The number of alkyl halides is 1. The summed E-state index contributed by atoms with van der Waals surface area (Å²) in [7, 11) is 0. The van der Waals surface area contributed by atoms with E-state index >= 15 is 0 Å². The van der Waals surface area contributed by atoms with E-state index < -0.39 is 79.1 Å². The van der Waals surface area contributed by atoms with Crippen molar-refractivity contribution >= 4 is 11.6 Å². The van der Waals surface area contributed by atoms with Gasteiger partial charge in [-0.3, -0.25) is 0 Å². The van der Waals surface area contributed by atoms with Gasteiger partial charge in [0.2, 0.25) is 6.29 Å². The van der Waals surface area contributed by atoms with Gasteiger partial charge < -0.3 is 50.0 Å². The molecule has 11 heteroatoms. The van der Waals surface area contributed by atoms with E-state index in [1.807, 2.05) is 0 Å². The molecule has 10 nitrogen and oxygen atoms in total. The zero-order chi connectivity index (χ0) is 19.2. The van der Waals surface area contributed by atoms with Crippen LogP contribution in [0.5, 0.6) is 0 Å². The standard InChI is InChI=1S/C15H23ClO10/c16-12-8(19)5-1-2-24-13(7(5)15(12,23)4-18)26-14-11(22)10(21)9(20)6(3-17)25-14/h1-2,5-14,17-23H,3-4H2/t5-,6+,7-,8-,9+,10-,11+,12+,13-,14-,15+/m0/s1. The molecule has 26 heavy (non-hydrogen) atoms. The monoisotopic (exact) mass is 398 g/mol. The molecule has 0 radical (unpaired) electrons. The Morgan fingerprint density at radius 1 is 1.00 bits per heavy atom. The van der Waals surface area contributed by atoms with Gasteiger partial charge >= 0.3 is 0 Å². The number of fused-ring (bicyclic) bond motifs is 1. The van der Waals surface area contributed by atoms with E-state index in [1.165, 1.54) is 12.3 Å². The number of aliphatic hydroxyl groups is 7. The van der Waals surface area contributed by atoms with E-state index in [1.54, 1.807) is 0 Å². The maximum Gasteiger partial charge on any atom is 0.208 e. The Labute approximate surface area is 153 Å². The Hall–Kier alpha value is -0.530. The number of rotatable bonds is 4. The number of hydrogen-bond acceptors (Lipinski definition) is 10.